The third-order valence-electron chi connectivity index (χ3n) is 4.44. The van der Waals surface area contributed by atoms with Crippen molar-refractivity contribution in [2.75, 3.05) is 5.32 Å². The summed E-state index contributed by atoms with van der Waals surface area (Å²) in [7, 11) is 0. The number of benzene rings is 1. The van der Waals surface area contributed by atoms with E-state index in [2.05, 4.69) is 30.3 Å². The fraction of sp³-hybridized carbons (Fsp3) is 0.0952. The molecular formula is C21H14Cl2N6OS. The number of halogens is 2. The molecule has 3 aromatic heterocycles. The lowest BCUT2D eigenvalue weighted by molar-refractivity contribution is -0.115. The SMILES string of the molecule is [C-]#[N+]c1c(-c2ccnc(NC(=O)CC)c2)sc(-c2ncn[nH]2)c1-c1ccc(Cl)cc1Cl. The number of thiophene rings is 1. The molecule has 0 saturated carbocycles. The van der Waals surface area contributed by atoms with Crippen LogP contribution in [0.15, 0.2) is 42.9 Å². The van der Waals surface area contributed by atoms with Gasteiger partial charge < -0.3 is 5.32 Å². The molecular weight excluding hydrogens is 455 g/mol. The molecule has 4 aromatic rings. The highest BCUT2D eigenvalue weighted by Crippen LogP contribution is 2.53. The van der Waals surface area contributed by atoms with Crippen molar-refractivity contribution in [3.05, 3.63) is 64.3 Å². The highest BCUT2D eigenvalue weighted by Gasteiger charge is 2.25. The second-order valence-electron chi connectivity index (χ2n) is 6.39. The molecule has 3 heterocycles. The van der Waals surface area contributed by atoms with Gasteiger partial charge in [-0.05, 0) is 35.4 Å². The number of carbonyl (C=O) groups excluding carboxylic acids is 1. The highest BCUT2D eigenvalue weighted by molar-refractivity contribution is 7.20. The van der Waals surface area contributed by atoms with E-state index in [0.717, 1.165) is 10.4 Å². The number of aromatic amines is 1. The Kier molecular flexibility index (Phi) is 6.00. The van der Waals surface area contributed by atoms with Crippen LogP contribution in [-0.4, -0.2) is 26.1 Å². The van der Waals surface area contributed by atoms with Crippen molar-refractivity contribution in [1.29, 1.82) is 0 Å². The molecule has 0 saturated heterocycles. The maximum Gasteiger partial charge on any atom is 0.225 e. The third kappa shape index (κ3) is 4.16. The molecule has 154 valence electrons. The van der Waals surface area contributed by atoms with Gasteiger partial charge in [-0.2, -0.15) is 5.10 Å². The van der Waals surface area contributed by atoms with Crippen molar-refractivity contribution in [3.8, 4) is 32.3 Å². The lowest BCUT2D eigenvalue weighted by Gasteiger charge is -2.07. The van der Waals surface area contributed by atoms with E-state index < -0.39 is 0 Å². The number of hydrogen-bond donors (Lipinski definition) is 2. The van der Waals surface area contributed by atoms with Crippen molar-refractivity contribution < 1.29 is 4.79 Å². The zero-order valence-electron chi connectivity index (χ0n) is 16.1. The summed E-state index contributed by atoms with van der Waals surface area (Å²) in [6.07, 6.45) is 3.34. The minimum atomic E-state index is -0.141. The Morgan fingerprint density at radius 3 is 2.74 bits per heavy atom. The smallest absolute Gasteiger partial charge is 0.225 e. The molecule has 1 amide bonds. The maximum atomic E-state index is 11.8. The van der Waals surface area contributed by atoms with Crippen LogP contribution in [0.1, 0.15) is 13.3 Å². The number of H-pyrrole nitrogens is 1. The van der Waals surface area contributed by atoms with Crippen LogP contribution in [0.5, 0.6) is 0 Å². The van der Waals surface area contributed by atoms with Gasteiger partial charge in [-0.1, -0.05) is 36.2 Å². The Balaban J connectivity index is 1.94. The maximum absolute atomic E-state index is 11.8. The summed E-state index contributed by atoms with van der Waals surface area (Å²) in [6.45, 7) is 9.67. The van der Waals surface area contributed by atoms with Gasteiger partial charge in [-0.15, -0.1) is 11.3 Å². The van der Waals surface area contributed by atoms with E-state index in [9.17, 15) is 4.79 Å². The molecule has 0 fully saturated rings. The van der Waals surface area contributed by atoms with E-state index >= 15 is 0 Å². The molecule has 0 radical (unpaired) electrons. The first-order valence-corrected chi connectivity index (χ1v) is 10.7. The van der Waals surface area contributed by atoms with Crippen LogP contribution in [0.4, 0.5) is 11.5 Å². The second-order valence-corrected chi connectivity index (χ2v) is 8.25. The molecule has 10 heteroatoms. The molecule has 0 unspecified atom stereocenters. The number of hydrogen-bond acceptors (Lipinski definition) is 5. The Morgan fingerprint density at radius 1 is 1.23 bits per heavy atom. The normalized spacial score (nSPS) is 10.6. The largest absolute Gasteiger partial charge is 0.311 e. The standard InChI is InChI=1S/C21H14Cl2N6OS/c1-3-16(30)28-15-8-11(6-7-25-15)19-18(24-2)17(13-5-4-12(22)9-14(13)23)20(31-19)21-26-10-27-29-21/h4-10H,3H2,1H3,(H,25,28,30)(H,26,27,29). The number of rotatable bonds is 5. The molecule has 0 bridgehead atoms. The van der Waals surface area contributed by atoms with E-state index in [-0.39, 0.29) is 5.91 Å². The summed E-state index contributed by atoms with van der Waals surface area (Å²) in [5.74, 6) is 0.800. The summed E-state index contributed by atoms with van der Waals surface area (Å²) >= 11 is 14.0. The zero-order valence-corrected chi connectivity index (χ0v) is 18.4. The number of nitrogens with one attached hydrogen (secondary N) is 2. The monoisotopic (exact) mass is 468 g/mol. The molecule has 0 spiro atoms. The minimum Gasteiger partial charge on any atom is -0.311 e. The number of amides is 1. The van der Waals surface area contributed by atoms with Gasteiger partial charge in [-0.25, -0.2) is 14.8 Å². The van der Waals surface area contributed by atoms with Crippen LogP contribution in [-0.2, 0) is 4.79 Å². The fourth-order valence-electron chi connectivity index (χ4n) is 3.02. The Morgan fingerprint density at radius 2 is 2.06 bits per heavy atom. The second kappa shape index (κ2) is 8.86. The van der Waals surface area contributed by atoms with E-state index in [4.69, 9.17) is 29.8 Å². The molecule has 4 rings (SSSR count). The summed E-state index contributed by atoms with van der Waals surface area (Å²) in [4.78, 5) is 25.5. The predicted octanol–water partition coefficient (Wildman–Crippen LogP) is 6.47. The first-order valence-electron chi connectivity index (χ1n) is 9.13. The van der Waals surface area contributed by atoms with Gasteiger partial charge in [0, 0.05) is 33.1 Å². The number of carbonyl (C=O) groups is 1. The van der Waals surface area contributed by atoms with Gasteiger partial charge >= 0.3 is 0 Å². The fourth-order valence-corrected chi connectivity index (χ4v) is 4.72. The molecule has 0 aliphatic heterocycles. The summed E-state index contributed by atoms with van der Waals surface area (Å²) < 4.78 is 0. The van der Waals surface area contributed by atoms with Crippen molar-refractivity contribution >= 4 is 52.0 Å². The lowest BCUT2D eigenvalue weighted by atomic mass is 10.0. The quantitative estimate of drug-likeness (QED) is 0.328. The third-order valence-corrected chi connectivity index (χ3v) is 6.22. The average molecular weight is 469 g/mol. The van der Waals surface area contributed by atoms with E-state index in [1.54, 1.807) is 43.5 Å². The number of nitrogens with zero attached hydrogens (tertiary/aromatic N) is 4. The zero-order chi connectivity index (χ0) is 22.0. The van der Waals surface area contributed by atoms with Gasteiger partial charge in [0.2, 0.25) is 11.6 Å². The summed E-state index contributed by atoms with van der Waals surface area (Å²) in [6, 6.07) is 8.68. The van der Waals surface area contributed by atoms with Gasteiger partial charge in [0.25, 0.3) is 0 Å². The first-order chi connectivity index (χ1) is 15.0. The van der Waals surface area contributed by atoms with Crippen molar-refractivity contribution in [2.45, 2.75) is 13.3 Å². The Hall–Kier alpha value is -3.25. The van der Waals surface area contributed by atoms with Crippen LogP contribution >= 0.6 is 34.5 Å². The van der Waals surface area contributed by atoms with Gasteiger partial charge in [0.15, 0.2) is 5.82 Å². The van der Waals surface area contributed by atoms with Crippen LogP contribution in [0.3, 0.4) is 0 Å². The lowest BCUT2D eigenvalue weighted by Crippen LogP contribution is -2.10. The molecule has 2 N–H and O–H groups in total. The van der Waals surface area contributed by atoms with Crippen LogP contribution in [0.2, 0.25) is 10.0 Å². The molecule has 0 aliphatic carbocycles. The molecule has 31 heavy (non-hydrogen) atoms. The summed E-state index contributed by atoms with van der Waals surface area (Å²) in [5, 5.41) is 10.5. The molecule has 1 aromatic carbocycles. The Labute approximate surface area is 191 Å². The molecule has 7 nitrogen and oxygen atoms in total. The predicted molar refractivity (Wildman–Crippen MR) is 124 cm³/mol. The Bertz CT molecular complexity index is 1310. The van der Waals surface area contributed by atoms with E-state index in [1.807, 2.05) is 0 Å². The first kappa shape index (κ1) is 21.0. The molecule has 0 aliphatic rings. The van der Waals surface area contributed by atoms with Gasteiger partial charge in [0.1, 0.15) is 12.1 Å². The number of anilines is 1. The van der Waals surface area contributed by atoms with Crippen LogP contribution in [0.25, 0.3) is 37.1 Å². The van der Waals surface area contributed by atoms with Crippen molar-refractivity contribution in [1.82, 2.24) is 20.2 Å². The van der Waals surface area contributed by atoms with E-state index in [1.165, 1.54) is 17.7 Å². The number of pyridine rings is 1. The molecule has 0 atom stereocenters. The van der Waals surface area contributed by atoms with Gasteiger partial charge in [0.05, 0.1) is 11.4 Å². The van der Waals surface area contributed by atoms with Crippen LogP contribution < -0.4 is 5.32 Å². The topological polar surface area (TPSA) is 87.9 Å². The van der Waals surface area contributed by atoms with Gasteiger partial charge in [-0.3, -0.25) is 9.89 Å². The number of aromatic nitrogens is 4. The van der Waals surface area contributed by atoms with Crippen LogP contribution in [0, 0.1) is 6.57 Å². The average Bonchev–Trinajstić information content (AvgIpc) is 3.41. The van der Waals surface area contributed by atoms with E-state index in [0.29, 0.717) is 49.8 Å². The highest BCUT2D eigenvalue weighted by atomic mass is 35.5. The summed E-state index contributed by atoms with van der Waals surface area (Å²) in [5.41, 5.74) is 2.47. The van der Waals surface area contributed by atoms with Crippen molar-refractivity contribution in [2.24, 2.45) is 0 Å². The minimum absolute atomic E-state index is 0.141. The van der Waals surface area contributed by atoms with Crippen molar-refractivity contribution in [3.63, 3.8) is 0 Å².